The van der Waals surface area contributed by atoms with E-state index < -0.39 is 5.97 Å². The van der Waals surface area contributed by atoms with Crippen LogP contribution in [0.5, 0.6) is 0 Å². The summed E-state index contributed by atoms with van der Waals surface area (Å²) >= 11 is 3.29. The van der Waals surface area contributed by atoms with Crippen LogP contribution in [0.2, 0.25) is 0 Å². The summed E-state index contributed by atoms with van der Waals surface area (Å²) in [6.45, 7) is 1.73. The van der Waals surface area contributed by atoms with Crippen LogP contribution in [0.15, 0.2) is 12.1 Å². The quantitative estimate of drug-likeness (QED) is 0.902. The average molecular weight is 258 g/mol. The van der Waals surface area contributed by atoms with Crippen LogP contribution in [0, 0.1) is 0 Å². The van der Waals surface area contributed by atoms with E-state index in [-0.39, 0.29) is 0 Å². The van der Waals surface area contributed by atoms with Crippen molar-refractivity contribution in [2.45, 2.75) is 23.8 Å². The van der Waals surface area contributed by atoms with Crippen LogP contribution in [0.4, 0.5) is 0 Å². The molecule has 1 aliphatic heterocycles. The van der Waals surface area contributed by atoms with Gasteiger partial charge < -0.3 is 9.84 Å². The van der Waals surface area contributed by atoms with Gasteiger partial charge in [-0.1, -0.05) is 0 Å². The van der Waals surface area contributed by atoms with Gasteiger partial charge in [-0.3, -0.25) is 0 Å². The lowest BCUT2D eigenvalue weighted by Gasteiger charge is -2.20. The first-order valence-electron chi connectivity index (χ1n) is 5.27. The van der Waals surface area contributed by atoms with E-state index in [4.69, 9.17) is 9.84 Å². The largest absolute Gasteiger partial charge is 0.477 e. The number of aromatic carboxylic acids is 1. The number of carbonyl (C=O) groups is 1. The van der Waals surface area contributed by atoms with E-state index in [0.717, 1.165) is 36.7 Å². The van der Waals surface area contributed by atoms with Crippen LogP contribution >= 0.6 is 23.1 Å². The molecule has 1 aliphatic rings. The van der Waals surface area contributed by atoms with E-state index in [1.165, 1.54) is 11.3 Å². The molecular weight excluding hydrogens is 244 g/mol. The van der Waals surface area contributed by atoms with Gasteiger partial charge in [0, 0.05) is 29.1 Å². The van der Waals surface area contributed by atoms with Gasteiger partial charge in [0.15, 0.2) is 0 Å². The molecule has 88 valence electrons. The van der Waals surface area contributed by atoms with Crippen LogP contribution in [0.1, 0.15) is 27.4 Å². The van der Waals surface area contributed by atoms with Crippen molar-refractivity contribution in [1.82, 2.24) is 0 Å². The van der Waals surface area contributed by atoms with Crippen molar-refractivity contribution in [1.29, 1.82) is 0 Å². The fourth-order valence-electron chi connectivity index (χ4n) is 1.61. The van der Waals surface area contributed by atoms with E-state index in [1.54, 1.807) is 6.07 Å². The first-order valence-corrected chi connectivity index (χ1v) is 7.13. The lowest BCUT2D eigenvalue weighted by molar-refractivity contribution is 0.0702. The summed E-state index contributed by atoms with van der Waals surface area (Å²) in [4.78, 5) is 12.3. The number of carboxylic acid groups (broad SMARTS) is 1. The highest BCUT2D eigenvalue weighted by molar-refractivity contribution is 7.99. The molecule has 0 amide bonds. The maximum atomic E-state index is 10.7. The molecule has 0 bridgehead atoms. The number of thiophene rings is 1. The zero-order chi connectivity index (χ0) is 11.4. The molecule has 0 spiro atoms. The Morgan fingerprint density at radius 3 is 2.88 bits per heavy atom. The van der Waals surface area contributed by atoms with Gasteiger partial charge in [-0.15, -0.1) is 11.3 Å². The lowest BCUT2D eigenvalue weighted by atomic mass is 10.2. The standard InChI is InChI=1S/C11H14O3S2/c12-11(13)10-2-1-9(16-10)7-15-8-3-5-14-6-4-8/h1-2,8H,3-7H2,(H,12,13). The predicted molar refractivity (Wildman–Crippen MR) is 66.4 cm³/mol. The lowest BCUT2D eigenvalue weighted by Crippen LogP contribution is -2.17. The van der Waals surface area contributed by atoms with E-state index in [2.05, 4.69) is 0 Å². The van der Waals surface area contributed by atoms with Crippen LogP contribution in [-0.4, -0.2) is 29.5 Å². The highest BCUT2D eigenvalue weighted by Crippen LogP contribution is 2.28. The number of thioether (sulfide) groups is 1. The minimum Gasteiger partial charge on any atom is -0.477 e. The molecule has 3 nitrogen and oxygen atoms in total. The third-order valence-electron chi connectivity index (χ3n) is 2.50. The fourth-order valence-corrected chi connectivity index (χ4v) is 3.72. The van der Waals surface area contributed by atoms with E-state index in [9.17, 15) is 4.79 Å². The molecule has 0 aromatic carbocycles. The molecule has 1 saturated heterocycles. The fraction of sp³-hybridized carbons (Fsp3) is 0.545. The maximum Gasteiger partial charge on any atom is 0.345 e. The third kappa shape index (κ3) is 3.23. The summed E-state index contributed by atoms with van der Waals surface area (Å²) in [7, 11) is 0. The van der Waals surface area contributed by atoms with Crippen molar-refractivity contribution >= 4 is 29.1 Å². The van der Waals surface area contributed by atoms with Crippen molar-refractivity contribution in [2.24, 2.45) is 0 Å². The molecule has 1 N–H and O–H groups in total. The molecule has 5 heteroatoms. The van der Waals surface area contributed by atoms with E-state index in [1.807, 2.05) is 17.8 Å². The smallest absolute Gasteiger partial charge is 0.345 e. The van der Waals surface area contributed by atoms with E-state index in [0.29, 0.717) is 10.1 Å². The maximum absolute atomic E-state index is 10.7. The van der Waals surface area contributed by atoms with Crippen molar-refractivity contribution in [3.8, 4) is 0 Å². The Balaban J connectivity index is 1.81. The normalized spacial score (nSPS) is 17.5. The minimum absolute atomic E-state index is 0.433. The topological polar surface area (TPSA) is 46.5 Å². The van der Waals surface area contributed by atoms with Gasteiger partial charge in [0.1, 0.15) is 4.88 Å². The molecule has 2 rings (SSSR count). The van der Waals surface area contributed by atoms with Crippen molar-refractivity contribution in [2.75, 3.05) is 13.2 Å². The van der Waals surface area contributed by atoms with Crippen LogP contribution in [0.3, 0.4) is 0 Å². The summed E-state index contributed by atoms with van der Waals surface area (Å²) in [6, 6.07) is 3.60. The summed E-state index contributed by atoms with van der Waals surface area (Å²) in [5.41, 5.74) is 0. The zero-order valence-electron chi connectivity index (χ0n) is 8.85. The van der Waals surface area contributed by atoms with Crippen LogP contribution in [0.25, 0.3) is 0 Å². The first-order chi connectivity index (χ1) is 7.75. The molecule has 0 saturated carbocycles. The number of carboxylic acids is 1. The molecule has 0 aliphatic carbocycles. The molecule has 2 heterocycles. The molecule has 1 aromatic rings. The van der Waals surface area contributed by atoms with Gasteiger partial charge in [-0.25, -0.2) is 4.79 Å². The van der Waals surface area contributed by atoms with Gasteiger partial charge in [0.25, 0.3) is 0 Å². The average Bonchev–Trinajstić information content (AvgIpc) is 2.76. The Labute approximate surface area is 103 Å². The molecule has 1 aromatic heterocycles. The van der Waals surface area contributed by atoms with Crippen molar-refractivity contribution < 1.29 is 14.6 Å². The molecule has 0 unspecified atom stereocenters. The van der Waals surface area contributed by atoms with Crippen molar-refractivity contribution in [3.63, 3.8) is 0 Å². The summed E-state index contributed by atoms with van der Waals surface area (Å²) in [6.07, 6.45) is 2.23. The summed E-state index contributed by atoms with van der Waals surface area (Å²) in [5.74, 6) is 0.0927. The molecule has 0 radical (unpaired) electrons. The summed E-state index contributed by atoms with van der Waals surface area (Å²) in [5, 5.41) is 9.47. The Morgan fingerprint density at radius 1 is 1.50 bits per heavy atom. The highest BCUT2D eigenvalue weighted by atomic mass is 32.2. The van der Waals surface area contributed by atoms with E-state index >= 15 is 0 Å². The molecular formula is C11H14O3S2. The van der Waals surface area contributed by atoms with Crippen LogP contribution in [-0.2, 0) is 10.5 Å². The SMILES string of the molecule is O=C(O)c1ccc(CSC2CCOCC2)s1. The Kier molecular flexibility index (Phi) is 4.26. The van der Waals surface area contributed by atoms with Gasteiger partial charge in [0.05, 0.1) is 0 Å². The second-order valence-electron chi connectivity index (χ2n) is 3.69. The second kappa shape index (κ2) is 5.70. The summed E-state index contributed by atoms with van der Waals surface area (Å²) < 4.78 is 5.30. The Hall–Kier alpha value is -0.520. The van der Waals surface area contributed by atoms with Gasteiger partial charge >= 0.3 is 5.97 Å². The predicted octanol–water partition coefficient (Wildman–Crippen LogP) is 2.86. The zero-order valence-corrected chi connectivity index (χ0v) is 10.5. The first kappa shape index (κ1) is 12.0. The molecule has 1 fully saturated rings. The highest BCUT2D eigenvalue weighted by Gasteiger charge is 2.15. The Bertz CT molecular complexity index is 356. The number of hydrogen-bond acceptors (Lipinski definition) is 4. The molecule has 0 atom stereocenters. The second-order valence-corrected chi connectivity index (χ2v) is 6.15. The monoisotopic (exact) mass is 258 g/mol. The minimum atomic E-state index is -0.827. The van der Waals surface area contributed by atoms with Crippen molar-refractivity contribution in [3.05, 3.63) is 21.9 Å². The van der Waals surface area contributed by atoms with Crippen LogP contribution < -0.4 is 0 Å². The number of ether oxygens (including phenoxy) is 1. The van der Waals surface area contributed by atoms with Gasteiger partial charge in [-0.2, -0.15) is 11.8 Å². The number of rotatable bonds is 4. The molecule has 16 heavy (non-hydrogen) atoms. The van der Waals surface area contributed by atoms with Gasteiger partial charge in [-0.05, 0) is 25.0 Å². The van der Waals surface area contributed by atoms with Gasteiger partial charge in [0.2, 0.25) is 0 Å². The third-order valence-corrected chi connectivity index (χ3v) is 5.18. The Morgan fingerprint density at radius 2 is 2.25 bits per heavy atom. The number of hydrogen-bond donors (Lipinski definition) is 1.